The topological polar surface area (TPSA) is 93.6 Å². The smallest absolute Gasteiger partial charge is 0.267 e. The zero-order chi connectivity index (χ0) is 22.3. The summed E-state index contributed by atoms with van der Waals surface area (Å²) in [6.07, 6.45) is 1.76. The van der Waals surface area contributed by atoms with Crippen molar-refractivity contribution in [3.8, 4) is 5.69 Å². The van der Waals surface area contributed by atoms with Crippen molar-refractivity contribution in [1.82, 2.24) is 9.78 Å². The van der Waals surface area contributed by atoms with Crippen LogP contribution < -0.4 is 5.01 Å². The number of carbonyl (C=O) groups excluding carboxylic acids is 1. The number of hydrogen-bond acceptors (Lipinski definition) is 5. The summed E-state index contributed by atoms with van der Waals surface area (Å²) in [4.78, 5) is 23.7. The second kappa shape index (κ2) is 7.81. The number of non-ortho nitro benzene ring substituents is 1. The van der Waals surface area contributed by atoms with Crippen LogP contribution in [0.1, 0.15) is 23.9 Å². The highest BCUT2D eigenvalue weighted by Crippen LogP contribution is 2.29. The first-order chi connectivity index (χ1) is 14.8. The van der Waals surface area contributed by atoms with Gasteiger partial charge < -0.3 is 0 Å². The molecule has 0 fully saturated rings. The molecule has 0 N–H and O–H groups in total. The second-order valence-electron chi connectivity index (χ2n) is 7.11. The van der Waals surface area contributed by atoms with Crippen molar-refractivity contribution in [3.05, 3.63) is 86.2 Å². The lowest BCUT2D eigenvalue weighted by Crippen LogP contribution is -2.21. The van der Waals surface area contributed by atoms with E-state index in [1.807, 2.05) is 13.8 Å². The van der Waals surface area contributed by atoms with Crippen molar-refractivity contribution in [2.75, 3.05) is 5.01 Å². The third-order valence-corrected chi connectivity index (χ3v) is 5.27. The number of amides is 1. The van der Waals surface area contributed by atoms with Gasteiger partial charge in [0.2, 0.25) is 0 Å². The largest absolute Gasteiger partial charge is 0.280 e. The minimum Gasteiger partial charge on any atom is -0.267 e. The number of anilines is 1. The number of carbonyl (C=O) groups is 1. The highest BCUT2D eigenvalue weighted by molar-refractivity contribution is 6.33. The van der Waals surface area contributed by atoms with Crippen molar-refractivity contribution in [2.24, 2.45) is 5.10 Å². The molecule has 9 heteroatoms. The molecule has 156 valence electrons. The summed E-state index contributed by atoms with van der Waals surface area (Å²) in [5.41, 5.74) is 4.37. The van der Waals surface area contributed by atoms with Crippen LogP contribution in [0.3, 0.4) is 0 Å². The molecule has 0 aliphatic carbocycles. The predicted molar refractivity (Wildman–Crippen MR) is 120 cm³/mol. The first-order valence-corrected chi connectivity index (χ1v) is 9.82. The minimum absolute atomic E-state index is 0.0175. The van der Waals surface area contributed by atoms with Crippen LogP contribution >= 0.6 is 11.6 Å². The second-order valence-corrected chi connectivity index (χ2v) is 7.55. The maximum atomic E-state index is 13.0. The molecule has 8 nitrogen and oxygen atoms in total. The van der Waals surface area contributed by atoms with Crippen LogP contribution in [0.2, 0.25) is 5.02 Å². The van der Waals surface area contributed by atoms with Gasteiger partial charge in [-0.1, -0.05) is 23.7 Å². The Labute approximate surface area is 183 Å². The van der Waals surface area contributed by atoms with Crippen molar-refractivity contribution in [1.29, 1.82) is 0 Å². The van der Waals surface area contributed by atoms with Crippen molar-refractivity contribution in [3.63, 3.8) is 0 Å². The van der Waals surface area contributed by atoms with Crippen LogP contribution in [0.25, 0.3) is 11.8 Å². The number of nitrogens with zero attached hydrogens (tertiary/aromatic N) is 5. The molecule has 0 saturated carbocycles. The Hall–Kier alpha value is -3.78. The van der Waals surface area contributed by atoms with Crippen LogP contribution in [0.4, 0.5) is 11.4 Å². The lowest BCUT2D eigenvalue weighted by Gasteiger charge is -2.11. The van der Waals surface area contributed by atoms with E-state index in [0.29, 0.717) is 33.4 Å². The highest BCUT2D eigenvalue weighted by Gasteiger charge is 2.29. The molecule has 31 heavy (non-hydrogen) atoms. The Bertz CT molecular complexity index is 1290. The van der Waals surface area contributed by atoms with Gasteiger partial charge in [0, 0.05) is 28.4 Å². The van der Waals surface area contributed by atoms with E-state index in [2.05, 4.69) is 10.2 Å². The van der Waals surface area contributed by atoms with Crippen LogP contribution in [-0.4, -0.2) is 26.3 Å². The van der Waals surface area contributed by atoms with Gasteiger partial charge in [-0.3, -0.25) is 14.9 Å². The van der Waals surface area contributed by atoms with E-state index in [1.54, 1.807) is 54.1 Å². The van der Waals surface area contributed by atoms with E-state index in [1.165, 1.54) is 17.1 Å². The van der Waals surface area contributed by atoms with Crippen molar-refractivity contribution >= 4 is 40.7 Å². The standard InChI is InChI=1S/C22H18ClN5O3/c1-13-20(15(3)26(24-13)18-8-5-9-19(11-18)28(30)31)12-21-14(2)25-27(22(21)29)17-7-4-6-16(23)10-17/h4-12H,1-3H3/b21-12-. The molecule has 0 atom stereocenters. The summed E-state index contributed by atoms with van der Waals surface area (Å²) < 4.78 is 1.63. The summed E-state index contributed by atoms with van der Waals surface area (Å²) in [7, 11) is 0. The van der Waals surface area contributed by atoms with Gasteiger partial charge in [-0.15, -0.1) is 0 Å². The Balaban J connectivity index is 1.73. The van der Waals surface area contributed by atoms with Crippen LogP contribution in [-0.2, 0) is 4.79 Å². The van der Waals surface area contributed by atoms with Gasteiger partial charge in [-0.05, 0) is 51.1 Å². The fourth-order valence-electron chi connectivity index (χ4n) is 3.46. The van der Waals surface area contributed by atoms with Crippen molar-refractivity contribution in [2.45, 2.75) is 20.8 Å². The molecule has 1 aliphatic rings. The van der Waals surface area contributed by atoms with Crippen LogP contribution in [0.15, 0.2) is 59.2 Å². The summed E-state index contributed by atoms with van der Waals surface area (Å²) >= 11 is 6.05. The number of benzene rings is 2. The number of aromatic nitrogens is 2. The lowest BCUT2D eigenvalue weighted by atomic mass is 10.1. The number of aryl methyl sites for hydroxylation is 1. The molecular formula is C22H18ClN5O3. The fraction of sp³-hybridized carbons (Fsp3) is 0.136. The molecule has 0 spiro atoms. The number of hydrogen-bond donors (Lipinski definition) is 0. The fourth-order valence-corrected chi connectivity index (χ4v) is 3.65. The van der Waals surface area contributed by atoms with Crippen LogP contribution in [0.5, 0.6) is 0 Å². The van der Waals surface area contributed by atoms with Gasteiger partial charge >= 0.3 is 0 Å². The third kappa shape index (κ3) is 3.73. The monoisotopic (exact) mass is 435 g/mol. The highest BCUT2D eigenvalue weighted by atomic mass is 35.5. The molecule has 1 aliphatic heterocycles. The third-order valence-electron chi connectivity index (χ3n) is 5.04. The van der Waals surface area contributed by atoms with Crippen molar-refractivity contribution < 1.29 is 9.72 Å². The van der Waals surface area contributed by atoms with Gasteiger partial charge in [0.05, 0.1) is 33.3 Å². The van der Waals surface area contributed by atoms with Gasteiger partial charge in [0.15, 0.2) is 0 Å². The number of rotatable bonds is 4. The Morgan fingerprint density at radius 3 is 2.48 bits per heavy atom. The van der Waals surface area contributed by atoms with Crippen LogP contribution in [0, 0.1) is 24.0 Å². The molecule has 2 aromatic carbocycles. The van der Waals surface area contributed by atoms with E-state index >= 15 is 0 Å². The maximum Gasteiger partial charge on any atom is 0.280 e. The molecule has 3 aromatic rings. The molecule has 0 radical (unpaired) electrons. The molecule has 0 bridgehead atoms. The number of nitro groups is 1. The maximum absolute atomic E-state index is 13.0. The van der Waals surface area contributed by atoms with Gasteiger partial charge in [0.1, 0.15) is 0 Å². The average molecular weight is 436 g/mol. The molecule has 0 saturated heterocycles. The van der Waals surface area contributed by atoms with Gasteiger partial charge in [-0.25, -0.2) is 4.68 Å². The minimum atomic E-state index is -0.445. The Morgan fingerprint density at radius 2 is 1.77 bits per heavy atom. The van der Waals surface area contributed by atoms with E-state index in [4.69, 9.17) is 11.6 Å². The lowest BCUT2D eigenvalue weighted by molar-refractivity contribution is -0.384. The van der Waals surface area contributed by atoms with E-state index in [-0.39, 0.29) is 11.6 Å². The zero-order valence-electron chi connectivity index (χ0n) is 17.0. The molecule has 2 heterocycles. The quantitative estimate of drug-likeness (QED) is 0.332. The first kappa shape index (κ1) is 20.5. The summed E-state index contributed by atoms with van der Waals surface area (Å²) in [5, 5.41) is 21.9. The first-order valence-electron chi connectivity index (χ1n) is 9.44. The summed E-state index contributed by atoms with van der Waals surface area (Å²) in [5.74, 6) is -0.262. The van der Waals surface area contributed by atoms with E-state index in [0.717, 1.165) is 11.3 Å². The number of halogens is 1. The van der Waals surface area contributed by atoms with E-state index in [9.17, 15) is 14.9 Å². The molecular weight excluding hydrogens is 418 g/mol. The summed E-state index contributed by atoms with van der Waals surface area (Å²) in [6, 6.07) is 13.2. The van der Waals surface area contributed by atoms with Gasteiger partial charge in [-0.2, -0.15) is 15.2 Å². The molecule has 1 aromatic heterocycles. The average Bonchev–Trinajstić information content (AvgIpc) is 3.18. The predicted octanol–water partition coefficient (Wildman–Crippen LogP) is 4.86. The van der Waals surface area contributed by atoms with Gasteiger partial charge in [0.25, 0.3) is 11.6 Å². The number of nitro benzene ring substituents is 1. The Morgan fingerprint density at radius 1 is 1.06 bits per heavy atom. The zero-order valence-corrected chi connectivity index (χ0v) is 17.8. The normalized spacial score (nSPS) is 15.0. The Kier molecular flexibility index (Phi) is 5.16. The van der Waals surface area contributed by atoms with E-state index < -0.39 is 4.92 Å². The summed E-state index contributed by atoms with van der Waals surface area (Å²) in [6.45, 7) is 5.45. The number of hydrazone groups is 1. The molecule has 4 rings (SSSR count). The molecule has 0 unspecified atom stereocenters. The molecule has 1 amide bonds. The SMILES string of the molecule is CC1=NN(c2cccc(Cl)c2)C(=O)/C1=C\c1c(C)nn(-c2cccc([N+](=O)[O-])c2)c1C.